The molecule has 0 radical (unpaired) electrons. The lowest BCUT2D eigenvalue weighted by molar-refractivity contribution is -0.155. The Hall–Kier alpha value is -1.15. The first-order valence-electron chi connectivity index (χ1n) is 6.73. The molecule has 1 aliphatic carbocycles. The zero-order chi connectivity index (χ0) is 15.0. The van der Waals surface area contributed by atoms with Crippen LogP contribution in [0.15, 0.2) is 0 Å². The van der Waals surface area contributed by atoms with Crippen molar-refractivity contribution in [2.24, 2.45) is 11.1 Å². The predicted molar refractivity (Wildman–Crippen MR) is 71.7 cm³/mol. The van der Waals surface area contributed by atoms with Crippen LogP contribution in [0.4, 0.5) is 0 Å². The van der Waals surface area contributed by atoms with Crippen LogP contribution in [0.25, 0.3) is 0 Å². The van der Waals surface area contributed by atoms with Crippen molar-refractivity contribution in [3.05, 3.63) is 0 Å². The quantitative estimate of drug-likeness (QED) is 0.687. The smallest absolute Gasteiger partial charge is 0.323 e. The maximum absolute atomic E-state index is 12.6. The van der Waals surface area contributed by atoms with Crippen molar-refractivity contribution in [2.75, 3.05) is 24.6 Å². The van der Waals surface area contributed by atoms with Gasteiger partial charge in [-0.2, -0.15) is 0 Å². The Kier molecular flexibility index (Phi) is 4.06. The summed E-state index contributed by atoms with van der Waals surface area (Å²) in [6, 6.07) is -0.535. The highest BCUT2D eigenvalue weighted by Gasteiger charge is 2.48. The first kappa shape index (κ1) is 15.2. The third-order valence-corrected chi connectivity index (χ3v) is 6.12. The molecule has 0 aromatic carbocycles. The maximum Gasteiger partial charge on any atom is 0.323 e. The SMILES string of the molecule is NCC1(C(=O)N(CC(=O)O)C2CCS(=O)(=O)C2)CCC1. The molecule has 1 saturated heterocycles. The number of nitrogens with two attached hydrogens (primary N) is 1. The number of aliphatic carboxylic acids is 1. The van der Waals surface area contributed by atoms with Crippen LogP contribution >= 0.6 is 0 Å². The molecule has 20 heavy (non-hydrogen) atoms. The van der Waals surface area contributed by atoms with E-state index in [0.29, 0.717) is 19.3 Å². The molecule has 0 bridgehead atoms. The summed E-state index contributed by atoms with van der Waals surface area (Å²) in [4.78, 5) is 24.8. The number of carbonyl (C=O) groups is 2. The van der Waals surface area contributed by atoms with E-state index in [1.54, 1.807) is 0 Å². The molecule has 1 saturated carbocycles. The number of amides is 1. The molecule has 1 unspecified atom stereocenters. The first-order chi connectivity index (χ1) is 9.30. The normalized spacial score (nSPS) is 26.8. The van der Waals surface area contributed by atoms with E-state index >= 15 is 0 Å². The van der Waals surface area contributed by atoms with Crippen molar-refractivity contribution >= 4 is 21.7 Å². The van der Waals surface area contributed by atoms with E-state index in [-0.39, 0.29) is 24.0 Å². The topological polar surface area (TPSA) is 118 Å². The molecule has 1 atom stereocenters. The summed E-state index contributed by atoms with van der Waals surface area (Å²) in [5, 5.41) is 8.98. The zero-order valence-electron chi connectivity index (χ0n) is 11.2. The molecule has 1 aliphatic heterocycles. The molecule has 2 fully saturated rings. The van der Waals surface area contributed by atoms with Crippen LogP contribution in [0.3, 0.4) is 0 Å². The Morgan fingerprint density at radius 1 is 1.35 bits per heavy atom. The van der Waals surface area contributed by atoms with Gasteiger partial charge in [-0.15, -0.1) is 0 Å². The fraction of sp³-hybridized carbons (Fsp3) is 0.833. The highest BCUT2D eigenvalue weighted by atomic mass is 32.2. The number of rotatable bonds is 5. The third kappa shape index (κ3) is 2.80. The molecule has 1 heterocycles. The van der Waals surface area contributed by atoms with Crippen LogP contribution in [0.1, 0.15) is 25.7 Å². The molecular formula is C12H20N2O5S. The minimum Gasteiger partial charge on any atom is -0.480 e. The lowest BCUT2D eigenvalue weighted by Gasteiger charge is -2.43. The minimum absolute atomic E-state index is 0.0106. The molecule has 0 aromatic heterocycles. The van der Waals surface area contributed by atoms with Crippen LogP contribution in [0.2, 0.25) is 0 Å². The summed E-state index contributed by atoms with van der Waals surface area (Å²) in [5.41, 5.74) is 5.00. The summed E-state index contributed by atoms with van der Waals surface area (Å²) in [5.74, 6) is -1.56. The van der Waals surface area contributed by atoms with Gasteiger partial charge in [0.2, 0.25) is 5.91 Å². The van der Waals surface area contributed by atoms with Gasteiger partial charge in [0.15, 0.2) is 9.84 Å². The second-order valence-corrected chi connectivity index (χ2v) is 7.95. The van der Waals surface area contributed by atoms with Gasteiger partial charge in [0.25, 0.3) is 0 Å². The number of nitrogens with zero attached hydrogens (tertiary/aromatic N) is 1. The van der Waals surface area contributed by atoms with E-state index in [2.05, 4.69) is 0 Å². The number of carboxylic acids is 1. The molecule has 2 rings (SSSR count). The van der Waals surface area contributed by atoms with Crippen LogP contribution < -0.4 is 5.73 Å². The second kappa shape index (κ2) is 5.33. The van der Waals surface area contributed by atoms with Gasteiger partial charge in [-0.05, 0) is 19.3 Å². The van der Waals surface area contributed by atoms with Crippen molar-refractivity contribution in [3.8, 4) is 0 Å². The Balaban J connectivity index is 2.19. The number of carbonyl (C=O) groups excluding carboxylic acids is 1. The molecule has 0 spiro atoms. The van der Waals surface area contributed by atoms with Crippen molar-refractivity contribution < 1.29 is 23.1 Å². The van der Waals surface area contributed by atoms with E-state index < -0.39 is 33.8 Å². The van der Waals surface area contributed by atoms with Crippen molar-refractivity contribution in [1.82, 2.24) is 4.90 Å². The summed E-state index contributed by atoms with van der Waals surface area (Å²) in [6.45, 7) is -0.276. The number of carboxylic acid groups (broad SMARTS) is 1. The Bertz CT molecular complexity index is 506. The Labute approximate surface area is 118 Å². The van der Waals surface area contributed by atoms with Gasteiger partial charge in [0.05, 0.1) is 16.9 Å². The Morgan fingerprint density at radius 3 is 2.35 bits per heavy atom. The van der Waals surface area contributed by atoms with E-state index in [1.807, 2.05) is 0 Å². The fourth-order valence-corrected chi connectivity index (χ4v) is 4.68. The summed E-state index contributed by atoms with van der Waals surface area (Å²) in [6.07, 6.45) is 2.50. The molecule has 1 amide bonds. The van der Waals surface area contributed by atoms with Gasteiger partial charge >= 0.3 is 5.97 Å². The predicted octanol–water partition coefficient (Wildman–Crippen LogP) is -0.784. The van der Waals surface area contributed by atoms with Gasteiger partial charge in [0, 0.05) is 12.6 Å². The minimum atomic E-state index is -3.17. The van der Waals surface area contributed by atoms with Crippen molar-refractivity contribution in [2.45, 2.75) is 31.7 Å². The van der Waals surface area contributed by atoms with Gasteiger partial charge < -0.3 is 15.7 Å². The van der Waals surface area contributed by atoms with Gasteiger partial charge in [-0.25, -0.2) is 8.42 Å². The third-order valence-electron chi connectivity index (χ3n) is 4.37. The maximum atomic E-state index is 12.6. The van der Waals surface area contributed by atoms with Crippen molar-refractivity contribution in [1.29, 1.82) is 0 Å². The standard InChI is InChI=1S/C12H20N2O5S/c13-8-12(3-1-4-12)11(17)14(6-10(15)16)9-2-5-20(18,19)7-9/h9H,1-8,13H2,(H,15,16). The van der Waals surface area contributed by atoms with Crippen LogP contribution in [0, 0.1) is 5.41 Å². The molecule has 114 valence electrons. The van der Waals surface area contributed by atoms with E-state index in [9.17, 15) is 18.0 Å². The van der Waals surface area contributed by atoms with E-state index in [1.165, 1.54) is 4.90 Å². The highest BCUT2D eigenvalue weighted by Crippen LogP contribution is 2.42. The Morgan fingerprint density at radius 2 is 2.00 bits per heavy atom. The number of hydrogen-bond acceptors (Lipinski definition) is 5. The van der Waals surface area contributed by atoms with Gasteiger partial charge in [0.1, 0.15) is 6.54 Å². The van der Waals surface area contributed by atoms with E-state index in [0.717, 1.165) is 6.42 Å². The average molecular weight is 304 g/mol. The molecule has 8 heteroatoms. The second-order valence-electron chi connectivity index (χ2n) is 5.72. The van der Waals surface area contributed by atoms with Crippen LogP contribution in [0.5, 0.6) is 0 Å². The summed E-state index contributed by atoms with van der Waals surface area (Å²) in [7, 11) is -3.17. The molecular weight excluding hydrogens is 284 g/mol. The average Bonchev–Trinajstić information content (AvgIpc) is 2.65. The van der Waals surface area contributed by atoms with Crippen molar-refractivity contribution in [3.63, 3.8) is 0 Å². The van der Waals surface area contributed by atoms with Gasteiger partial charge in [-0.3, -0.25) is 9.59 Å². The molecule has 3 N–H and O–H groups in total. The fourth-order valence-electron chi connectivity index (χ4n) is 2.95. The van der Waals surface area contributed by atoms with Gasteiger partial charge in [-0.1, -0.05) is 6.42 Å². The summed E-state index contributed by atoms with van der Waals surface area (Å²) >= 11 is 0. The van der Waals surface area contributed by atoms with Crippen LogP contribution in [-0.4, -0.2) is 60.9 Å². The lowest BCUT2D eigenvalue weighted by Crippen LogP contribution is -2.56. The van der Waals surface area contributed by atoms with Crippen LogP contribution in [-0.2, 0) is 19.4 Å². The summed E-state index contributed by atoms with van der Waals surface area (Å²) < 4.78 is 23.1. The molecule has 0 aromatic rings. The number of hydrogen-bond donors (Lipinski definition) is 2. The monoisotopic (exact) mass is 304 g/mol. The number of sulfone groups is 1. The molecule has 7 nitrogen and oxygen atoms in total. The largest absolute Gasteiger partial charge is 0.480 e. The van der Waals surface area contributed by atoms with E-state index in [4.69, 9.17) is 10.8 Å². The zero-order valence-corrected chi connectivity index (χ0v) is 12.1. The molecule has 2 aliphatic rings. The lowest BCUT2D eigenvalue weighted by atomic mass is 9.67. The highest BCUT2D eigenvalue weighted by molar-refractivity contribution is 7.91. The first-order valence-corrected chi connectivity index (χ1v) is 8.55.